The summed E-state index contributed by atoms with van der Waals surface area (Å²) in [7, 11) is 0. The van der Waals surface area contributed by atoms with E-state index in [1.807, 2.05) is 36.6 Å². The summed E-state index contributed by atoms with van der Waals surface area (Å²) in [5.74, 6) is 0.116. The van der Waals surface area contributed by atoms with E-state index in [2.05, 4.69) is 10.3 Å². The first-order valence-electron chi connectivity index (χ1n) is 7.97. The van der Waals surface area contributed by atoms with Crippen LogP contribution >= 0.6 is 11.3 Å². The van der Waals surface area contributed by atoms with Crippen LogP contribution in [0, 0.1) is 12.7 Å². The summed E-state index contributed by atoms with van der Waals surface area (Å²) in [5.41, 5.74) is 2.33. The van der Waals surface area contributed by atoms with E-state index in [0.717, 1.165) is 22.0 Å². The molecule has 0 saturated heterocycles. The van der Waals surface area contributed by atoms with Crippen molar-refractivity contribution in [3.63, 3.8) is 0 Å². The number of halogens is 1. The molecule has 0 radical (unpaired) electrons. The van der Waals surface area contributed by atoms with Gasteiger partial charge < -0.3 is 10.1 Å². The van der Waals surface area contributed by atoms with Crippen LogP contribution in [0.1, 0.15) is 16.3 Å². The van der Waals surface area contributed by atoms with Crippen LogP contribution in [0.3, 0.4) is 0 Å². The third-order valence-corrected chi connectivity index (χ3v) is 4.29. The van der Waals surface area contributed by atoms with Gasteiger partial charge in [0.15, 0.2) is 0 Å². The van der Waals surface area contributed by atoms with Gasteiger partial charge in [0, 0.05) is 17.1 Å². The summed E-state index contributed by atoms with van der Waals surface area (Å²) in [6.07, 6.45) is 3.13. The Kier molecular flexibility index (Phi) is 5.76. The number of thiazole rings is 1. The van der Waals surface area contributed by atoms with Crippen molar-refractivity contribution in [3.8, 4) is 5.75 Å². The summed E-state index contributed by atoms with van der Waals surface area (Å²) in [6, 6.07) is 13.0. The van der Waals surface area contributed by atoms with Crippen molar-refractivity contribution in [2.75, 3.05) is 5.32 Å². The predicted molar refractivity (Wildman–Crippen MR) is 102 cm³/mol. The maximum Gasteiger partial charge on any atom is 0.248 e. The number of aryl methyl sites for hydroxylation is 1. The number of ether oxygens (including phenoxy) is 1. The minimum absolute atomic E-state index is 0.282. The molecular weight excluding hydrogens is 351 g/mol. The third-order valence-electron chi connectivity index (χ3n) is 3.47. The maximum atomic E-state index is 12.8. The standard InChI is InChI=1S/C20H17FN2O2S/c1-14-22-18(13-26-14)12-25-19-9-2-15(3-10-19)4-11-20(24)23-17-7-5-16(21)6-8-17/h2-11,13H,12H2,1H3,(H,23,24)/b11-4+. The molecule has 0 bridgehead atoms. The van der Waals surface area contributed by atoms with Crippen LogP contribution in [0.15, 0.2) is 60.0 Å². The van der Waals surface area contributed by atoms with Crippen LogP contribution in [-0.4, -0.2) is 10.9 Å². The number of nitrogens with zero attached hydrogens (tertiary/aromatic N) is 1. The Morgan fingerprint density at radius 2 is 1.92 bits per heavy atom. The number of carbonyl (C=O) groups excluding carboxylic acids is 1. The Bertz CT molecular complexity index is 902. The molecule has 1 amide bonds. The fraction of sp³-hybridized carbons (Fsp3) is 0.100. The second kappa shape index (κ2) is 8.40. The van der Waals surface area contributed by atoms with Crippen LogP contribution < -0.4 is 10.1 Å². The fourth-order valence-corrected chi connectivity index (χ4v) is 2.79. The van der Waals surface area contributed by atoms with E-state index < -0.39 is 0 Å². The van der Waals surface area contributed by atoms with Crippen molar-refractivity contribution in [1.82, 2.24) is 4.98 Å². The van der Waals surface area contributed by atoms with Crippen LogP contribution in [0.25, 0.3) is 6.08 Å². The first kappa shape index (κ1) is 17.8. The molecule has 3 rings (SSSR count). The van der Waals surface area contributed by atoms with Crippen molar-refractivity contribution in [2.45, 2.75) is 13.5 Å². The molecule has 1 N–H and O–H groups in total. The number of nitrogens with one attached hydrogen (secondary N) is 1. The molecule has 0 aliphatic carbocycles. The topological polar surface area (TPSA) is 51.2 Å². The Morgan fingerprint density at radius 3 is 2.58 bits per heavy atom. The van der Waals surface area contributed by atoms with Gasteiger partial charge in [-0.2, -0.15) is 0 Å². The molecule has 0 aliphatic heterocycles. The van der Waals surface area contributed by atoms with Gasteiger partial charge in [0.05, 0.1) is 10.7 Å². The van der Waals surface area contributed by atoms with Gasteiger partial charge >= 0.3 is 0 Å². The van der Waals surface area contributed by atoms with Crippen LogP contribution in [-0.2, 0) is 11.4 Å². The lowest BCUT2D eigenvalue weighted by molar-refractivity contribution is -0.111. The van der Waals surface area contributed by atoms with Crippen molar-refractivity contribution < 1.29 is 13.9 Å². The summed E-state index contributed by atoms with van der Waals surface area (Å²) < 4.78 is 18.5. The Balaban J connectivity index is 1.52. The Morgan fingerprint density at radius 1 is 1.19 bits per heavy atom. The number of amides is 1. The number of rotatable bonds is 6. The molecule has 0 unspecified atom stereocenters. The van der Waals surface area contributed by atoms with Gasteiger partial charge in [-0.25, -0.2) is 9.37 Å². The van der Waals surface area contributed by atoms with E-state index >= 15 is 0 Å². The highest BCUT2D eigenvalue weighted by molar-refractivity contribution is 7.09. The van der Waals surface area contributed by atoms with Crippen molar-refractivity contribution >= 4 is 29.0 Å². The SMILES string of the molecule is Cc1nc(COc2ccc(/C=C/C(=O)Nc3ccc(F)cc3)cc2)cs1. The molecular formula is C20H17FN2O2S. The lowest BCUT2D eigenvalue weighted by atomic mass is 10.2. The van der Waals surface area contributed by atoms with E-state index in [0.29, 0.717) is 12.3 Å². The quantitative estimate of drug-likeness (QED) is 0.635. The Hall–Kier alpha value is -2.99. The molecule has 0 spiro atoms. The fourth-order valence-electron chi connectivity index (χ4n) is 2.20. The molecule has 26 heavy (non-hydrogen) atoms. The van der Waals surface area contributed by atoms with E-state index in [-0.39, 0.29) is 11.7 Å². The van der Waals surface area contributed by atoms with Gasteiger partial charge in [0.1, 0.15) is 18.2 Å². The van der Waals surface area contributed by atoms with Crippen molar-refractivity contribution in [1.29, 1.82) is 0 Å². The molecule has 0 fully saturated rings. The molecule has 0 saturated carbocycles. The lowest BCUT2D eigenvalue weighted by Gasteiger charge is -2.04. The molecule has 4 nitrogen and oxygen atoms in total. The summed E-state index contributed by atoms with van der Waals surface area (Å²) >= 11 is 1.60. The van der Waals surface area contributed by atoms with E-state index in [9.17, 15) is 9.18 Å². The van der Waals surface area contributed by atoms with E-state index in [1.165, 1.54) is 30.3 Å². The van der Waals surface area contributed by atoms with Crippen LogP contribution in [0.2, 0.25) is 0 Å². The molecule has 2 aromatic carbocycles. The number of hydrogen-bond acceptors (Lipinski definition) is 4. The first-order chi connectivity index (χ1) is 12.6. The highest BCUT2D eigenvalue weighted by Gasteiger charge is 2.01. The van der Waals surface area contributed by atoms with Crippen molar-refractivity contribution in [2.24, 2.45) is 0 Å². The number of aromatic nitrogens is 1. The summed E-state index contributed by atoms with van der Waals surface area (Å²) in [5, 5.41) is 5.66. The van der Waals surface area contributed by atoms with Crippen LogP contribution in [0.5, 0.6) is 5.75 Å². The second-order valence-electron chi connectivity index (χ2n) is 5.55. The smallest absolute Gasteiger partial charge is 0.248 e. The molecule has 0 atom stereocenters. The highest BCUT2D eigenvalue weighted by atomic mass is 32.1. The Labute approximate surface area is 155 Å². The normalized spacial score (nSPS) is 10.8. The summed E-state index contributed by atoms with van der Waals surface area (Å²) in [4.78, 5) is 16.2. The molecule has 1 aromatic heterocycles. The minimum Gasteiger partial charge on any atom is -0.487 e. The van der Waals surface area contributed by atoms with E-state index in [1.54, 1.807) is 17.4 Å². The zero-order chi connectivity index (χ0) is 18.4. The maximum absolute atomic E-state index is 12.8. The number of hydrogen-bond donors (Lipinski definition) is 1. The highest BCUT2D eigenvalue weighted by Crippen LogP contribution is 2.16. The molecule has 1 heterocycles. The molecule has 0 aliphatic rings. The van der Waals surface area contributed by atoms with E-state index in [4.69, 9.17) is 4.74 Å². The predicted octanol–water partition coefficient (Wildman–Crippen LogP) is 4.82. The monoisotopic (exact) mass is 368 g/mol. The van der Waals surface area contributed by atoms with Crippen LogP contribution in [0.4, 0.5) is 10.1 Å². The summed E-state index contributed by atoms with van der Waals surface area (Å²) in [6.45, 7) is 2.39. The average molecular weight is 368 g/mol. The largest absolute Gasteiger partial charge is 0.487 e. The number of anilines is 1. The molecule has 3 aromatic rings. The van der Waals surface area contributed by atoms with Gasteiger partial charge in [-0.3, -0.25) is 4.79 Å². The van der Waals surface area contributed by atoms with Gasteiger partial charge in [0.25, 0.3) is 0 Å². The lowest BCUT2D eigenvalue weighted by Crippen LogP contribution is -2.07. The average Bonchev–Trinajstić information content (AvgIpc) is 3.06. The second-order valence-corrected chi connectivity index (χ2v) is 6.61. The van der Waals surface area contributed by atoms with Gasteiger partial charge in [-0.05, 0) is 55.0 Å². The number of carbonyl (C=O) groups is 1. The zero-order valence-electron chi connectivity index (χ0n) is 14.1. The molecule has 132 valence electrons. The number of benzene rings is 2. The first-order valence-corrected chi connectivity index (χ1v) is 8.85. The van der Waals surface area contributed by atoms with Gasteiger partial charge in [0.2, 0.25) is 5.91 Å². The van der Waals surface area contributed by atoms with Gasteiger partial charge in [-0.15, -0.1) is 11.3 Å². The minimum atomic E-state index is -0.342. The van der Waals surface area contributed by atoms with Gasteiger partial charge in [-0.1, -0.05) is 12.1 Å². The zero-order valence-corrected chi connectivity index (χ0v) is 14.9. The molecule has 6 heteroatoms. The third kappa shape index (κ3) is 5.26. The van der Waals surface area contributed by atoms with Crippen molar-refractivity contribution in [3.05, 3.63) is 82.1 Å².